The zero-order valence-electron chi connectivity index (χ0n) is 14.0. The first-order valence-electron chi connectivity index (χ1n) is 7.48. The van der Waals surface area contributed by atoms with Crippen LogP contribution in [0.5, 0.6) is 0 Å². The Labute approximate surface area is 159 Å². The van der Waals surface area contributed by atoms with Crippen LogP contribution in [0.1, 0.15) is 21.5 Å². The van der Waals surface area contributed by atoms with Crippen LogP contribution in [0, 0.1) is 6.92 Å². The zero-order valence-corrected chi connectivity index (χ0v) is 14.7. The molecule has 28 heavy (non-hydrogen) atoms. The van der Waals surface area contributed by atoms with Crippen molar-refractivity contribution in [3.8, 4) is 0 Å². The van der Waals surface area contributed by atoms with Gasteiger partial charge in [-0.25, -0.2) is 4.39 Å². The summed E-state index contributed by atoms with van der Waals surface area (Å²) in [6.45, 7) is 1.08. The lowest BCUT2D eigenvalue weighted by molar-refractivity contribution is -0.348. The second-order valence-electron chi connectivity index (χ2n) is 5.88. The summed E-state index contributed by atoms with van der Waals surface area (Å²) in [6, 6.07) is 6.16. The number of rotatable bonds is 3. The fourth-order valence-corrected chi connectivity index (χ4v) is 2.77. The monoisotopic (exact) mass is 428 g/mol. The maximum atomic E-state index is 14.2. The van der Waals surface area contributed by atoms with E-state index < -0.39 is 34.5 Å². The highest BCUT2D eigenvalue weighted by Gasteiger charge is 2.73. The Kier molecular flexibility index (Phi) is 5.57. The van der Waals surface area contributed by atoms with Gasteiger partial charge >= 0.3 is 18.0 Å². The van der Waals surface area contributed by atoms with Crippen LogP contribution in [0.2, 0.25) is 5.02 Å². The topological polar surface area (TPSA) is 55.1 Å². The van der Waals surface area contributed by atoms with Gasteiger partial charge in [0.15, 0.2) is 0 Å². The third kappa shape index (κ3) is 3.87. The summed E-state index contributed by atoms with van der Waals surface area (Å²) in [4.78, 5) is 12.2. The van der Waals surface area contributed by atoms with Crippen LogP contribution in [-0.4, -0.2) is 18.3 Å². The Balaban J connectivity index is 2.49. The van der Waals surface area contributed by atoms with E-state index in [1.54, 1.807) is 0 Å². The van der Waals surface area contributed by atoms with Gasteiger partial charge in [0, 0.05) is 16.8 Å². The zero-order chi connectivity index (χ0) is 21.5. The van der Waals surface area contributed by atoms with Crippen molar-refractivity contribution in [1.82, 2.24) is 0 Å². The molecule has 0 radical (unpaired) electrons. The molecule has 0 atom stereocenters. The van der Waals surface area contributed by atoms with Crippen LogP contribution in [-0.2, 0) is 5.67 Å². The molecule has 0 aromatic heterocycles. The molecule has 0 unspecified atom stereocenters. The minimum Gasteiger partial charge on any atom is -0.399 e. The van der Waals surface area contributed by atoms with E-state index in [1.165, 1.54) is 24.3 Å². The van der Waals surface area contributed by atoms with E-state index in [2.05, 4.69) is 5.32 Å². The number of aryl methyl sites for hydroxylation is 1. The number of carbonyl (C=O) groups is 1. The van der Waals surface area contributed by atoms with E-state index in [-0.39, 0.29) is 28.6 Å². The predicted molar refractivity (Wildman–Crippen MR) is 89.9 cm³/mol. The van der Waals surface area contributed by atoms with E-state index >= 15 is 0 Å². The van der Waals surface area contributed by atoms with Gasteiger partial charge in [-0.05, 0) is 36.8 Å². The summed E-state index contributed by atoms with van der Waals surface area (Å²) in [7, 11) is 0. The molecule has 3 nitrogen and oxygen atoms in total. The lowest BCUT2D eigenvalue weighted by Gasteiger charge is -2.31. The van der Waals surface area contributed by atoms with Gasteiger partial charge in [-0.3, -0.25) is 4.79 Å². The van der Waals surface area contributed by atoms with Crippen LogP contribution >= 0.6 is 11.6 Å². The molecule has 3 N–H and O–H groups in total. The fourth-order valence-electron chi connectivity index (χ4n) is 2.45. The first-order valence-corrected chi connectivity index (χ1v) is 7.86. The molecule has 0 bridgehead atoms. The number of carbonyl (C=O) groups excluding carboxylic acids is 1. The van der Waals surface area contributed by atoms with Gasteiger partial charge in [0.1, 0.15) is 0 Å². The molecule has 152 valence electrons. The maximum absolute atomic E-state index is 14.2. The van der Waals surface area contributed by atoms with Crippen molar-refractivity contribution in [3.63, 3.8) is 0 Å². The van der Waals surface area contributed by atoms with Crippen LogP contribution < -0.4 is 11.1 Å². The summed E-state index contributed by atoms with van der Waals surface area (Å²) in [5, 5.41) is 1.57. The second kappa shape index (κ2) is 7.16. The maximum Gasteiger partial charge on any atom is 0.435 e. The van der Waals surface area contributed by atoms with Gasteiger partial charge in [0.25, 0.3) is 5.91 Å². The summed E-state index contributed by atoms with van der Waals surface area (Å²) in [5.41, 5.74) is -2.05. The average Bonchev–Trinajstić information content (AvgIpc) is 2.54. The molecule has 0 saturated carbocycles. The Morgan fingerprint density at radius 3 is 2.04 bits per heavy atom. The Bertz CT molecular complexity index is 872. The molecule has 0 saturated heterocycles. The van der Waals surface area contributed by atoms with E-state index in [0.29, 0.717) is 6.07 Å². The van der Waals surface area contributed by atoms with Gasteiger partial charge in [0.2, 0.25) is 0 Å². The molecule has 1 amide bonds. The number of nitrogens with one attached hydrogen (secondary N) is 1. The highest BCUT2D eigenvalue weighted by atomic mass is 35.5. The van der Waals surface area contributed by atoms with Crippen LogP contribution in [0.15, 0.2) is 36.4 Å². The van der Waals surface area contributed by atoms with Crippen LogP contribution in [0.3, 0.4) is 0 Å². The molecule has 2 aromatic carbocycles. The lowest BCUT2D eigenvalue weighted by atomic mass is 9.92. The number of alkyl halides is 7. The van der Waals surface area contributed by atoms with Crippen molar-refractivity contribution < 1.29 is 35.5 Å². The van der Waals surface area contributed by atoms with Gasteiger partial charge in [-0.2, -0.15) is 26.3 Å². The third-order valence-electron chi connectivity index (χ3n) is 3.85. The molecule has 0 heterocycles. The molecule has 0 spiro atoms. The van der Waals surface area contributed by atoms with Crippen molar-refractivity contribution in [2.45, 2.75) is 24.9 Å². The highest BCUT2D eigenvalue weighted by Crippen LogP contribution is 2.54. The number of hydrogen-bond donors (Lipinski definition) is 2. The van der Waals surface area contributed by atoms with Crippen molar-refractivity contribution in [2.75, 3.05) is 11.1 Å². The van der Waals surface area contributed by atoms with E-state index in [0.717, 1.165) is 6.92 Å². The number of nitrogen functional groups attached to an aromatic ring is 1. The van der Waals surface area contributed by atoms with Crippen molar-refractivity contribution >= 4 is 28.9 Å². The number of nitrogens with two attached hydrogens (primary N) is 1. The number of halogens is 8. The van der Waals surface area contributed by atoms with Gasteiger partial charge in [-0.1, -0.05) is 23.7 Å². The summed E-state index contributed by atoms with van der Waals surface area (Å²) in [5.74, 6) is -0.761. The van der Waals surface area contributed by atoms with Crippen molar-refractivity contribution in [3.05, 3.63) is 58.1 Å². The molecule has 2 aromatic rings. The Hall–Kier alpha value is -2.49. The number of benzene rings is 2. The summed E-state index contributed by atoms with van der Waals surface area (Å²) < 4.78 is 91.6. The number of hydrogen-bond acceptors (Lipinski definition) is 2. The lowest BCUT2D eigenvalue weighted by Crippen LogP contribution is -2.50. The van der Waals surface area contributed by atoms with E-state index in [9.17, 15) is 35.5 Å². The van der Waals surface area contributed by atoms with Gasteiger partial charge in [0.05, 0.1) is 10.7 Å². The van der Waals surface area contributed by atoms with Gasteiger partial charge in [-0.15, -0.1) is 0 Å². The number of amides is 1. The van der Waals surface area contributed by atoms with Crippen LogP contribution in [0.25, 0.3) is 0 Å². The Morgan fingerprint density at radius 2 is 1.57 bits per heavy atom. The summed E-state index contributed by atoms with van der Waals surface area (Å²) in [6.07, 6.45) is -12.5. The molecule has 0 aliphatic carbocycles. The predicted octanol–water partition coefficient (Wildman–Crippen LogP) is 5.77. The summed E-state index contributed by atoms with van der Waals surface area (Å²) >= 11 is 5.76. The van der Waals surface area contributed by atoms with Crippen molar-refractivity contribution in [2.24, 2.45) is 0 Å². The molecule has 2 rings (SSSR count). The Morgan fingerprint density at radius 1 is 1.00 bits per heavy atom. The van der Waals surface area contributed by atoms with Crippen molar-refractivity contribution in [1.29, 1.82) is 0 Å². The van der Waals surface area contributed by atoms with Gasteiger partial charge < -0.3 is 11.1 Å². The largest absolute Gasteiger partial charge is 0.435 e. The molecular formula is C17H12ClF7N2O. The quantitative estimate of drug-likeness (QED) is 0.481. The minimum absolute atomic E-state index is 0.0740. The fraction of sp³-hybridized carbons (Fsp3) is 0.235. The molecule has 0 aliphatic heterocycles. The standard InChI is InChI=1S/C17H12ClF7N2O/c1-8-5-10(15(19,16(20,21)22)17(23,24)25)7-12(18)13(8)27-14(28)9-3-2-4-11(26)6-9/h2-7H,26H2,1H3,(H,27,28). The van der Waals surface area contributed by atoms with Crippen LogP contribution in [0.4, 0.5) is 42.1 Å². The average molecular weight is 429 g/mol. The van der Waals surface area contributed by atoms with E-state index in [4.69, 9.17) is 17.3 Å². The smallest absolute Gasteiger partial charge is 0.399 e. The SMILES string of the molecule is Cc1cc(C(F)(C(F)(F)F)C(F)(F)F)cc(Cl)c1NC(=O)c1cccc(N)c1. The van der Waals surface area contributed by atoms with E-state index in [1.807, 2.05) is 0 Å². The number of anilines is 2. The molecule has 0 fully saturated rings. The first kappa shape index (κ1) is 21.8. The highest BCUT2D eigenvalue weighted by molar-refractivity contribution is 6.34. The third-order valence-corrected chi connectivity index (χ3v) is 4.15. The molecular weight excluding hydrogens is 417 g/mol. The second-order valence-corrected chi connectivity index (χ2v) is 6.29. The minimum atomic E-state index is -6.27. The molecule has 0 aliphatic rings. The normalized spacial score (nSPS) is 12.8. The first-order chi connectivity index (χ1) is 12.7. The molecule has 11 heteroatoms.